The molecule has 21 rings (SSSR count). The Hall–Kier alpha value is -17.3. The minimum Gasteiger partial charge on any atom is -0.295 e. The minimum absolute atomic E-state index is 0.00390. The van der Waals surface area contributed by atoms with Gasteiger partial charge in [0.05, 0.1) is 72.4 Å². The predicted octanol–water partition coefficient (Wildman–Crippen LogP) is 0.819. The van der Waals surface area contributed by atoms with Crippen LogP contribution in [0.3, 0.4) is 0 Å². The lowest BCUT2D eigenvalue weighted by Crippen LogP contribution is -2.54. The number of hydrogen-bond donors (Lipinski definition) is 7. The smallest absolute Gasteiger partial charge is 0.282 e. The largest absolute Gasteiger partial charge is 0.295 e. The lowest BCUT2D eigenvalue weighted by atomic mass is 9.81. The van der Waals surface area contributed by atoms with Crippen LogP contribution in [0, 0.1) is 52.1 Å². The molecule has 9 unspecified atom stereocenters. The molecule has 0 bridgehead atoms. The Morgan fingerprint density at radius 1 is 0.317 bits per heavy atom. The Balaban J connectivity index is 0.000000125. The molecular weight excluding hydrogens is 1950 g/mol. The highest BCUT2D eigenvalue weighted by molar-refractivity contribution is 9.10. The van der Waals surface area contributed by atoms with E-state index in [1.807, 2.05) is 12.2 Å². The van der Waals surface area contributed by atoms with Crippen molar-refractivity contribution in [3.05, 3.63) is 202 Å². The molecular formula is C90H70BrF4N17O30. The molecule has 9 fully saturated rings. The van der Waals surface area contributed by atoms with Crippen LogP contribution in [0.2, 0.25) is 0 Å². The number of carbonyl (C=O) groups excluding carboxylic acids is 28. The van der Waals surface area contributed by atoms with Crippen LogP contribution in [0.1, 0.15) is 246 Å². The summed E-state index contributed by atoms with van der Waals surface area (Å²) in [6.45, 7) is 1.83. The van der Waals surface area contributed by atoms with Crippen LogP contribution >= 0.6 is 15.9 Å². The highest BCUT2D eigenvalue weighted by atomic mass is 79.9. The van der Waals surface area contributed by atoms with Crippen LogP contribution in [0.25, 0.3) is 0 Å². The molecule has 0 radical (unpaired) electrons. The van der Waals surface area contributed by atoms with Crippen molar-refractivity contribution in [2.45, 2.75) is 165 Å². The molecule has 52 heteroatoms. The maximum absolute atomic E-state index is 13.7. The summed E-state index contributed by atoms with van der Waals surface area (Å²) in [7, 11) is 0. The molecule has 142 heavy (non-hydrogen) atoms. The second-order valence-electron chi connectivity index (χ2n) is 33.7. The first-order valence-corrected chi connectivity index (χ1v) is 44.1. The summed E-state index contributed by atoms with van der Waals surface area (Å²) < 4.78 is 54.6. The second-order valence-corrected chi connectivity index (χ2v) is 34.6. The first-order valence-electron chi connectivity index (χ1n) is 43.4. The third-order valence-electron chi connectivity index (χ3n) is 25.1. The van der Waals surface area contributed by atoms with Crippen LogP contribution in [0.15, 0.2) is 95.9 Å². The summed E-state index contributed by atoms with van der Waals surface area (Å²) in [6.07, 6.45) is 8.60. The fraction of sp³-hybridized carbons (Fsp3) is 0.311. The van der Waals surface area contributed by atoms with Crippen molar-refractivity contribution in [2.24, 2.45) is 11.8 Å². The predicted molar refractivity (Wildman–Crippen MR) is 457 cm³/mol. The Kier molecular flexibility index (Phi) is 27.7. The van der Waals surface area contributed by atoms with E-state index in [-0.39, 0.29) is 187 Å². The SMILES string of the molecule is Cc1ccc2c(c1)C(=O)N(C1CCC(=O)NC1=O)C2=O.O=C1CCC(N2C(=O)C3CCCCC3C2=O)C(=O)N1.O=C1CCC(N2C(=O)c3c(F)c(F)c(F)c(F)c3C2=O)C(=O)N1.O=C1CCC(N2C(=O)c3ccc(Br)cc3C2=O)C(=O)N1.O=C1CCC(N2C(=O)c3cccc([N+](=O)[O-])c3C2=O)C(=O)N1.O=C1CCC(N2C(=O)c3cccnc3C2=O)C(=O)N1.O=C1CCC(N2C(=O)c3ccncc3C2=O)C(=O)N1. The number of hydrogen-bond acceptors (Lipinski definition) is 32. The van der Waals surface area contributed by atoms with Crippen molar-refractivity contribution in [1.82, 2.24) is 81.5 Å². The number of aromatic nitrogens is 2. The molecule has 6 aromatic rings. The van der Waals surface area contributed by atoms with Crippen molar-refractivity contribution >= 4 is 187 Å². The molecule has 4 aromatic carbocycles. The van der Waals surface area contributed by atoms with Crippen LogP contribution in [-0.4, -0.2) is 257 Å². The zero-order valence-electron chi connectivity index (χ0n) is 73.2. The lowest BCUT2D eigenvalue weighted by molar-refractivity contribution is -0.385. The molecule has 14 aliphatic heterocycles. The van der Waals surface area contributed by atoms with Crippen molar-refractivity contribution in [3.63, 3.8) is 0 Å². The van der Waals surface area contributed by atoms with Crippen molar-refractivity contribution in [1.29, 1.82) is 0 Å². The zero-order valence-corrected chi connectivity index (χ0v) is 74.8. The van der Waals surface area contributed by atoms with E-state index in [9.17, 15) is 162 Å². The number of halogens is 5. The topological polar surface area (TPSA) is 654 Å². The van der Waals surface area contributed by atoms with Crippen LogP contribution in [-0.2, 0) is 76.7 Å². The van der Waals surface area contributed by atoms with Gasteiger partial charge in [0.25, 0.3) is 76.6 Å². The molecule has 8 saturated heterocycles. The number of nitrogens with zero attached hydrogens (tertiary/aromatic N) is 10. The average Bonchev–Trinajstić information content (AvgIpc) is 1.57. The summed E-state index contributed by atoms with van der Waals surface area (Å²) in [6, 6.07) is 10.9. The summed E-state index contributed by atoms with van der Waals surface area (Å²) in [5, 5.41) is 25.7. The van der Waals surface area contributed by atoms with E-state index in [0.717, 1.165) is 61.8 Å². The molecule has 730 valence electrons. The third-order valence-corrected chi connectivity index (χ3v) is 25.6. The number of amides is 28. The first kappa shape index (κ1) is 99.2. The molecule has 7 N–H and O–H groups in total. The highest BCUT2D eigenvalue weighted by Crippen LogP contribution is 2.42. The van der Waals surface area contributed by atoms with Gasteiger partial charge in [-0.1, -0.05) is 46.5 Å². The number of likely N-dealkylation sites (tertiary alicyclic amines) is 1. The fourth-order valence-electron chi connectivity index (χ4n) is 18.3. The summed E-state index contributed by atoms with van der Waals surface area (Å²) in [5.41, 5.74) is -0.711. The van der Waals surface area contributed by atoms with Gasteiger partial charge in [0.1, 0.15) is 53.6 Å². The van der Waals surface area contributed by atoms with Crippen LogP contribution in [0.4, 0.5) is 23.2 Å². The van der Waals surface area contributed by atoms with E-state index in [4.69, 9.17) is 0 Å². The van der Waals surface area contributed by atoms with Crippen molar-refractivity contribution in [2.75, 3.05) is 0 Å². The van der Waals surface area contributed by atoms with E-state index in [0.29, 0.717) is 20.5 Å². The molecule has 9 atom stereocenters. The number of nitro groups is 1. The average molecular weight is 2030 g/mol. The molecule has 1 aliphatic carbocycles. The molecule has 2 aromatic heterocycles. The molecule has 16 heterocycles. The van der Waals surface area contributed by atoms with Crippen molar-refractivity contribution < 1.29 is 157 Å². The maximum Gasteiger partial charge on any atom is 0.282 e. The Morgan fingerprint density at radius 2 is 0.627 bits per heavy atom. The number of pyridine rings is 2. The quantitative estimate of drug-likeness (QED) is 0.0277. The summed E-state index contributed by atoms with van der Waals surface area (Å²) >= 11 is 3.24. The Bertz CT molecular complexity index is 6500. The number of carbonyl (C=O) groups is 28. The molecule has 1 saturated carbocycles. The number of imide groups is 14. The Labute approximate surface area is 799 Å². The zero-order chi connectivity index (χ0) is 103. The number of piperidine rings is 7. The van der Waals surface area contributed by atoms with Gasteiger partial charge in [-0.25, -0.2) is 17.6 Å². The molecule has 15 aliphatic rings. The van der Waals surface area contributed by atoms with Crippen molar-refractivity contribution in [3.8, 4) is 0 Å². The standard InChI is InChI=1S/C14H12N2O4.C13H9BrN2O4.C13H6F4N2O4.C13H9N3O6.C13H16N2O4.2C12H9N3O4/c1-7-2-3-8-9(6-7)14(20)16(13(8)19)10-4-5-11(17)15-12(10)18;14-6-1-2-7-8(5-6)13(20)16(12(7)19)9-3-4-10(17)15-11(9)18;14-7-5-6(8(15)10(17)9(7)16)13(23)19(12(5)22)3-1-2-4(20)18-11(3)21;17-9-5-4-8(11(18)14-9)15-12(19)6-2-1-3-7(16(21)22)10(6)13(15)20;16-10-6-5-9(11(17)14-10)15-12(18)7-3-1-2-4-8(7)13(15)19;16-9-2-1-8(10(17)14-9)15-11(18)6-3-4-13-5-7(6)12(15)19;16-8-4-3-7(10(17)14-8)15-11(18)6-2-1-5-13-9(6)12(15)19/h2-3,6,10H,4-5H2,1H3,(H,15,17,18);1-2,5,9H,3-4H2,(H,15,17,18);3H,1-2H2,(H,18,20,21);1-3,8H,4-5H2,(H,14,17,18);7-9H,1-6H2,(H,14,16,17);3-5,8H,1-2H2,(H,14,16,17);1-2,5,7H,3-4H2,(H,14,16,17). The summed E-state index contributed by atoms with van der Waals surface area (Å²) in [4.78, 5) is 355. The lowest BCUT2D eigenvalue weighted by Gasteiger charge is -2.28. The number of fused-ring (bicyclic) bond motifs is 7. The second kappa shape index (κ2) is 39.7. The van der Waals surface area contributed by atoms with Crippen LogP contribution < -0.4 is 37.2 Å². The van der Waals surface area contributed by atoms with Gasteiger partial charge in [-0.05, 0) is 119 Å². The number of rotatable bonds is 8. The van der Waals surface area contributed by atoms with Gasteiger partial charge in [0.2, 0.25) is 94.5 Å². The number of nitro benzene ring substituents is 1. The molecule has 0 spiro atoms. The van der Waals surface area contributed by atoms with E-state index < -0.39 is 217 Å². The monoisotopic (exact) mass is 2020 g/mol. The van der Waals surface area contributed by atoms with Gasteiger partial charge in [-0.2, -0.15) is 0 Å². The van der Waals surface area contributed by atoms with Gasteiger partial charge in [-0.3, -0.25) is 226 Å². The van der Waals surface area contributed by atoms with E-state index in [1.54, 1.807) is 42.5 Å². The molecule has 47 nitrogen and oxygen atoms in total. The van der Waals surface area contributed by atoms with Gasteiger partial charge < -0.3 is 0 Å². The van der Waals surface area contributed by atoms with E-state index in [1.165, 1.54) is 42.9 Å². The third kappa shape index (κ3) is 18.4. The minimum atomic E-state index is -2.23. The Morgan fingerprint density at radius 3 is 1.00 bits per heavy atom. The number of aryl methyl sites for hydroxylation is 1. The highest BCUT2D eigenvalue weighted by Gasteiger charge is 2.56. The molecule has 28 amide bonds. The fourth-order valence-corrected chi connectivity index (χ4v) is 18.7. The number of nitrogens with one attached hydrogen (secondary N) is 7. The number of benzene rings is 4. The maximum atomic E-state index is 13.7. The van der Waals surface area contributed by atoms with Crippen LogP contribution in [0.5, 0.6) is 0 Å². The normalized spacial score (nSPS) is 23.6. The van der Waals surface area contributed by atoms with Gasteiger partial charge in [0.15, 0.2) is 23.3 Å². The summed E-state index contributed by atoms with van der Waals surface area (Å²) in [5.74, 6) is -25.8. The van der Waals surface area contributed by atoms with E-state index in [2.05, 4.69) is 57.8 Å². The first-order chi connectivity index (χ1) is 67.4. The van der Waals surface area contributed by atoms with Gasteiger partial charge in [-0.15, -0.1) is 0 Å². The van der Waals surface area contributed by atoms with E-state index >= 15 is 0 Å². The van der Waals surface area contributed by atoms with Gasteiger partial charge in [0, 0.05) is 74.1 Å². The van der Waals surface area contributed by atoms with Gasteiger partial charge >= 0.3 is 0 Å².